The molecule has 96 valence electrons. The molecule has 3 nitrogen and oxygen atoms in total. The van der Waals surface area contributed by atoms with E-state index in [1.54, 1.807) is 13.2 Å². The van der Waals surface area contributed by atoms with Crippen LogP contribution in [0.4, 0.5) is 0 Å². The molecule has 2 aliphatic rings. The molecule has 0 aromatic carbocycles. The van der Waals surface area contributed by atoms with Crippen molar-refractivity contribution in [1.29, 1.82) is 0 Å². The molecule has 0 saturated heterocycles. The quantitative estimate of drug-likeness (QED) is 0.765. The number of rotatable bonds is 0. The Balaban J connectivity index is 2.29. The van der Waals surface area contributed by atoms with E-state index in [1.165, 1.54) is 0 Å². The summed E-state index contributed by atoms with van der Waals surface area (Å²) in [5.41, 5.74) is 2.15. The maximum atomic E-state index is 12.4. The minimum Gasteiger partial charge on any atom is -0.460 e. The minimum atomic E-state index is -1.06. The van der Waals surface area contributed by atoms with Crippen LogP contribution in [0.3, 0.4) is 0 Å². The highest BCUT2D eigenvalue weighted by Crippen LogP contribution is 2.48. The average Bonchev–Trinajstić information content (AvgIpc) is 2.69. The maximum Gasteiger partial charge on any atom is 0.224 e. The van der Waals surface area contributed by atoms with Gasteiger partial charge >= 0.3 is 0 Å². The van der Waals surface area contributed by atoms with Crippen LogP contribution in [0.5, 0.6) is 0 Å². The van der Waals surface area contributed by atoms with Crippen LogP contribution in [0.2, 0.25) is 0 Å². The van der Waals surface area contributed by atoms with E-state index in [1.807, 2.05) is 6.92 Å². The number of aryl methyl sites for hydroxylation is 1. The number of furan rings is 1. The van der Waals surface area contributed by atoms with Gasteiger partial charge in [-0.15, -0.1) is 0 Å². The average molecular weight is 246 g/mol. The summed E-state index contributed by atoms with van der Waals surface area (Å²) in [6.45, 7) is 5.76. The summed E-state index contributed by atoms with van der Waals surface area (Å²) in [6.07, 6.45) is 4.37. The third-order valence-electron chi connectivity index (χ3n) is 4.35. The topological polar surface area (TPSA) is 50.4 Å². The molecule has 0 aliphatic heterocycles. The van der Waals surface area contributed by atoms with Crippen molar-refractivity contribution in [3.05, 3.63) is 34.3 Å². The van der Waals surface area contributed by atoms with Crippen molar-refractivity contribution in [2.24, 2.45) is 5.92 Å². The highest BCUT2D eigenvalue weighted by Gasteiger charge is 2.46. The Bertz CT molecular complexity index is 560. The second-order valence-corrected chi connectivity index (χ2v) is 5.71. The molecule has 2 aliphatic carbocycles. The lowest BCUT2D eigenvalue weighted by Crippen LogP contribution is -2.37. The van der Waals surface area contributed by atoms with E-state index in [9.17, 15) is 9.90 Å². The van der Waals surface area contributed by atoms with Gasteiger partial charge in [-0.3, -0.25) is 4.79 Å². The molecular formula is C15H18O3. The van der Waals surface area contributed by atoms with Gasteiger partial charge in [0, 0.05) is 11.1 Å². The number of hydrogen-bond acceptors (Lipinski definition) is 3. The first kappa shape index (κ1) is 11.7. The SMILES string of the molecule is Cc1coc2c1C(C)(O)C1=C(CCC[C@@H]1C)C2=O. The summed E-state index contributed by atoms with van der Waals surface area (Å²) in [6, 6.07) is 0. The smallest absolute Gasteiger partial charge is 0.224 e. The summed E-state index contributed by atoms with van der Waals surface area (Å²) in [5, 5.41) is 10.9. The van der Waals surface area contributed by atoms with Gasteiger partial charge in [-0.1, -0.05) is 6.92 Å². The van der Waals surface area contributed by atoms with Crippen LogP contribution in [-0.2, 0) is 5.60 Å². The lowest BCUT2D eigenvalue weighted by atomic mass is 9.68. The van der Waals surface area contributed by atoms with E-state index in [2.05, 4.69) is 6.92 Å². The van der Waals surface area contributed by atoms with Gasteiger partial charge in [0.05, 0.1) is 6.26 Å². The Kier molecular flexibility index (Phi) is 2.33. The van der Waals surface area contributed by atoms with Crippen molar-refractivity contribution < 1.29 is 14.3 Å². The standard InChI is InChI=1S/C15H18O3/c1-8-5-4-6-10-11(8)15(3,17)12-9(2)7-18-14(12)13(10)16/h7-8,17H,4-6H2,1-3H3/t8-,15?/m0/s1. The molecule has 3 heteroatoms. The Morgan fingerprint density at radius 2 is 2.22 bits per heavy atom. The summed E-state index contributed by atoms with van der Waals surface area (Å²) < 4.78 is 5.38. The molecule has 1 heterocycles. The number of hydrogen-bond donors (Lipinski definition) is 1. The van der Waals surface area contributed by atoms with Gasteiger partial charge in [0.2, 0.25) is 5.78 Å². The normalized spacial score (nSPS) is 31.3. The van der Waals surface area contributed by atoms with E-state index in [0.717, 1.165) is 36.0 Å². The lowest BCUT2D eigenvalue weighted by Gasteiger charge is -2.39. The second-order valence-electron chi connectivity index (χ2n) is 5.71. The first-order chi connectivity index (χ1) is 8.44. The molecule has 3 rings (SSSR count). The Hall–Kier alpha value is -1.35. The largest absolute Gasteiger partial charge is 0.460 e. The van der Waals surface area contributed by atoms with Crippen LogP contribution in [-0.4, -0.2) is 10.9 Å². The van der Waals surface area contributed by atoms with E-state index in [0.29, 0.717) is 11.3 Å². The first-order valence-electron chi connectivity index (χ1n) is 6.53. The van der Waals surface area contributed by atoms with Gasteiger partial charge in [0.15, 0.2) is 5.76 Å². The first-order valence-corrected chi connectivity index (χ1v) is 6.53. The number of carbonyl (C=O) groups excluding carboxylic acids is 1. The maximum absolute atomic E-state index is 12.4. The van der Waals surface area contributed by atoms with Crippen molar-refractivity contribution in [3.63, 3.8) is 0 Å². The van der Waals surface area contributed by atoms with E-state index < -0.39 is 5.60 Å². The predicted molar refractivity (Wildman–Crippen MR) is 67.4 cm³/mol. The van der Waals surface area contributed by atoms with Crippen LogP contribution >= 0.6 is 0 Å². The molecule has 0 spiro atoms. The van der Waals surface area contributed by atoms with Gasteiger partial charge in [-0.25, -0.2) is 0 Å². The van der Waals surface area contributed by atoms with Crippen molar-refractivity contribution in [2.75, 3.05) is 0 Å². The monoisotopic (exact) mass is 246 g/mol. The summed E-state index contributed by atoms with van der Waals surface area (Å²) in [5.74, 6) is 0.576. The molecule has 0 radical (unpaired) electrons. The molecule has 0 amide bonds. The van der Waals surface area contributed by atoms with E-state index in [-0.39, 0.29) is 11.7 Å². The minimum absolute atomic E-state index is 0.0221. The summed E-state index contributed by atoms with van der Waals surface area (Å²) in [4.78, 5) is 12.4. The van der Waals surface area contributed by atoms with Crippen LogP contribution < -0.4 is 0 Å². The molecule has 1 aromatic rings. The van der Waals surface area contributed by atoms with E-state index in [4.69, 9.17) is 4.42 Å². The fraction of sp³-hybridized carbons (Fsp3) is 0.533. The Labute approximate surface area is 106 Å². The fourth-order valence-corrected chi connectivity index (χ4v) is 3.66. The molecular weight excluding hydrogens is 228 g/mol. The predicted octanol–water partition coefficient (Wildman–Crippen LogP) is 3.11. The molecule has 1 unspecified atom stereocenters. The van der Waals surface area contributed by atoms with Gasteiger partial charge in [-0.2, -0.15) is 0 Å². The van der Waals surface area contributed by atoms with Crippen molar-refractivity contribution in [1.82, 2.24) is 0 Å². The van der Waals surface area contributed by atoms with Gasteiger partial charge in [-0.05, 0) is 50.2 Å². The van der Waals surface area contributed by atoms with Crippen molar-refractivity contribution >= 4 is 5.78 Å². The summed E-state index contributed by atoms with van der Waals surface area (Å²) >= 11 is 0. The number of allylic oxidation sites excluding steroid dienone is 1. The second kappa shape index (κ2) is 3.58. The number of Topliss-reactive ketones (excluding diaryl/α,β-unsaturated/α-hetero) is 1. The Morgan fingerprint density at radius 3 is 2.94 bits per heavy atom. The Morgan fingerprint density at radius 1 is 1.50 bits per heavy atom. The molecule has 0 bridgehead atoms. The van der Waals surface area contributed by atoms with E-state index >= 15 is 0 Å². The zero-order valence-electron chi connectivity index (χ0n) is 11.0. The van der Waals surface area contributed by atoms with Gasteiger partial charge < -0.3 is 9.52 Å². The molecule has 0 saturated carbocycles. The highest BCUT2D eigenvalue weighted by atomic mass is 16.3. The molecule has 18 heavy (non-hydrogen) atoms. The van der Waals surface area contributed by atoms with Gasteiger partial charge in [0.1, 0.15) is 5.60 Å². The highest BCUT2D eigenvalue weighted by molar-refractivity contribution is 6.10. The fourth-order valence-electron chi connectivity index (χ4n) is 3.66. The van der Waals surface area contributed by atoms with Crippen molar-refractivity contribution in [2.45, 2.75) is 45.6 Å². The van der Waals surface area contributed by atoms with Crippen LogP contribution in [0.25, 0.3) is 0 Å². The number of aliphatic hydroxyl groups is 1. The number of ketones is 1. The van der Waals surface area contributed by atoms with Crippen molar-refractivity contribution in [3.8, 4) is 0 Å². The molecule has 1 aromatic heterocycles. The lowest BCUT2D eigenvalue weighted by molar-refractivity contribution is 0.0684. The molecule has 0 fully saturated rings. The molecule has 2 atom stereocenters. The zero-order chi connectivity index (χ0) is 13.1. The zero-order valence-corrected chi connectivity index (χ0v) is 11.0. The van der Waals surface area contributed by atoms with Crippen LogP contribution in [0, 0.1) is 12.8 Å². The van der Waals surface area contributed by atoms with Crippen LogP contribution in [0.1, 0.15) is 54.8 Å². The van der Waals surface area contributed by atoms with Crippen LogP contribution in [0.15, 0.2) is 21.8 Å². The number of carbonyl (C=O) groups is 1. The third kappa shape index (κ3) is 1.31. The van der Waals surface area contributed by atoms with Gasteiger partial charge in [0.25, 0.3) is 0 Å². The molecule has 1 N–H and O–H groups in total. The number of fused-ring (bicyclic) bond motifs is 1. The summed E-state index contributed by atoms with van der Waals surface area (Å²) in [7, 11) is 0. The third-order valence-corrected chi connectivity index (χ3v) is 4.35.